The molecule has 2 N–H and O–H groups in total. The summed E-state index contributed by atoms with van der Waals surface area (Å²) in [6.45, 7) is 0.899. The van der Waals surface area contributed by atoms with Crippen molar-refractivity contribution in [3.8, 4) is 0 Å². The number of hydrogen-bond donors (Lipinski definition) is 1. The molecular weight excluding hydrogens is 334 g/mol. The number of benzene rings is 1. The molecule has 20 heavy (non-hydrogen) atoms. The molecular formula is C15H16BrN3S. The Morgan fingerprint density at radius 1 is 1.35 bits per heavy atom. The summed E-state index contributed by atoms with van der Waals surface area (Å²) < 4.78 is 0.923. The molecule has 0 saturated heterocycles. The summed E-state index contributed by atoms with van der Waals surface area (Å²) in [7, 11) is 2.06. The maximum Gasteiger partial charge on any atom is 0.105 e. The van der Waals surface area contributed by atoms with Gasteiger partial charge >= 0.3 is 0 Å². The first-order chi connectivity index (χ1) is 9.58. The molecule has 1 aromatic heterocycles. The highest BCUT2D eigenvalue weighted by atomic mass is 79.9. The summed E-state index contributed by atoms with van der Waals surface area (Å²) in [5, 5.41) is 0. The highest BCUT2D eigenvalue weighted by molar-refractivity contribution is 9.10. The molecule has 0 spiro atoms. The van der Waals surface area contributed by atoms with Crippen molar-refractivity contribution in [1.29, 1.82) is 0 Å². The van der Waals surface area contributed by atoms with Gasteiger partial charge in [-0.1, -0.05) is 18.3 Å². The van der Waals surface area contributed by atoms with E-state index in [2.05, 4.69) is 32.9 Å². The number of aromatic nitrogens is 1. The van der Waals surface area contributed by atoms with Gasteiger partial charge in [-0.05, 0) is 46.3 Å². The van der Waals surface area contributed by atoms with Crippen LogP contribution in [0, 0.1) is 0 Å². The van der Waals surface area contributed by atoms with Crippen LogP contribution < -0.4 is 10.6 Å². The van der Waals surface area contributed by atoms with E-state index in [1.807, 2.05) is 42.6 Å². The van der Waals surface area contributed by atoms with Crippen molar-refractivity contribution in [1.82, 2.24) is 4.98 Å². The zero-order valence-electron chi connectivity index (χ0n) is 11.2. The second kappa shape index (κ2) is 6.81. The second-order valence-electron chi connectivity index (χ2n) is 4.52. The van der Waals surface area contributed by atoms with Crippen LogP contribution in [0.4, 0.5) is 5.69 Å². The molecule has 0 aliphatic heterocycles. The summed E-state index contributed by atoms with van der Waals surface area (Å²) in [5.74, 6) is 0. The maximum atomic E-state index is 5.66. The largest absolute Gasteiger partial charge is 0.389 e. The molecule has 1 heterocycles. The molecule has 0 fully saturated rings. The molecule has 2 aromatic rings. The lowest BCUT2D eigenvalue weighted by atomic mass is 10.2. The Kier molecular flexibility index (Phi) is 5.09. The maximum absolute atomic E-state index is 5.66. The first-order valence-electron chi connectivity index (χ1n) is 6.28. The van der Waals surface area contributed by atoms with Crippen LogP contribution >= 0.6 is 28.1 Å². The zero-order valence-corrected chi connectivity index (χ0v) is 13.6. The van der Waals surface area contributed by atoms with Gasteiger partial charge in [0.05, 0.1) is 0 Å². The normalized spacial score (nSPS) is 10.3. The standard InChI is InChI=1S/C15H16BrN3S/c1-19(9-7-11-4-2-3-8-18-11)12-5-6-13(15(17)20)14(16)10-12/h2-6,8,10H,7,9H2,1H3,(H2,17,20). The topological polar surface area (TPSA) is 42.2 Å². The van der Waals surface area contributed by atoms with E-state index >= 15 is 0 Å². The van der Waals surface area contributed by atoms with E-state index in [0.29, 0.717) is 4.99 Å². The first kappa shape index (κ1) is 14.9. The van der Waals surface area contributed by atoms with Gasteiger partial charge in [0.1, 0.15) is 4.99 Å². The average Bonchev–Trinajstić information content (AvgIpc) is 2.45. The Labute approximate surface area is 132 Å². The summed E-state index contributed by atoms with van der Waals surface area (Å²) in [6.07, 6.45) is 2.73. The molecule has 0 aliphatic rings. The van der Waals surface area contributed by atoms with Crippen LogP contribution in [0.3, 0.4) is 0 Å². The molecule has 0 atom stereocenters. The third kappa shape index (κ3) is 3.77. The lowest BCUT2D eigenvalue weighted by Gasteiger charge is -2.20. The van der Waals surface area contributed by atoms with Crippen LogP contribution in [0.2, 0.25) is 0 Å². The van der Waals surface area contributed by atoms with Gasteiger partial charge in [0.15, 0.2) is 0 Å². The molecule has 0 radical (unpaired) electrons. The summed E-state index contributed by atoms with van der Waals surface area (Å²) in [5.41, 5.74) is 8.73. The van der Waals surface area contributed by atoms with Gasteiger partial charge in [-0.15, -0.1) is 0 Å². The van der Waals surface area contributed by atoms with Gasteiger partial charge in [0, 0.05) is 47.6 Å². The highest BCUT2D eigenvalue weighted by Gasteiger charge is 2.07. The van der Waals surface area contributed by atoms with Gasteiger partial charge in [-0.25, -0.2) is 0 Å². The number of hydrogen-bond acceptors (Lipinski definition) is 3. The lowest BCUT2D eigenvalue weighted by Crippen LogP contribution is -2.21. The molecule has 2 rings (SSSR count). The van der Waals surface area contributed by atoms with E-state index < -0.39 is 0 Å². The molecule has 0 unspecified atom stereocenters. The monoisotopic (exact) mass is 349 g/mol. The Bertz CT molecular complexity index is 601. The van der Waals surface area contributed by atoms with Crippen molar-refractivity contribution in [3.63, 3.8) is 0 Å². The molecule has 104 valence electrons. The van der Waals surface area contributed by atoms with Crippen molar-refractivity contribution in [3.05, 3.63) is 58.3 Å². The summed E-state index contributed by atoms with van der Waals surface area (Å²) in [4.78, 5) is 6.92. The summed E-state index contributed by atoms with van der Waals surface area (Å²) >= 11 is 8.51. The highest BCUT2D eigenvalue weighted by Crippen LogP contribution is 2.23. The van der Waals surface area contributed by atoms with Crippen LogP contribution in [-0.4, -0.2) is 23.6 Å². The van der Waals surface area contributed by atoms with Crippen molar-refractivity contribution in [2.45, 2.75) is 6.42 Å². The van der Waals surface area contributed by atoms with Crippen LogP contribution in [0.5, 0.6) is 0 Å². The van der Waals surface area contributed by atoms with Crippen molar-refractivity contribution < 1.29 is 0 Å². The van der Waals surface area contributed by atoms with E-state index in [9.17, 15) is 0 Å². The molecule has 0 saturated carbocycles. The second-order valence-corrected chi connectivity index (χ2v) is 5.82. The Morgan fingerprint density at radius 3 is 2.75 bits per heavy atom. The summed E-state index contributed by atoms with van der Waals surface area (Å²) in [6, 6.07) is 12.0. The molecule has 3 nitrogen and oxygen atoms in total. The molecule has 1 aromatic carbocycles. The van der Waals surface area contributed by atoms with Crippen molar-refractivity contribution in [2.75, 3.05) is 18.5 Å². The average molecular weight is 350 g/mol. The van der Waals surface area contributed by atoms with Gasteiger partial charge in [-0.3, -0.25) is 4.98 Å². The fourth-order valence-corrected chi connectivity index (χ4v) is 2.79. The molecule has 5 heteroatoms. The van der Waals surface area contributed by atoms with E-state index in [0.717, 1.165) is 34.4 Å². The molecule has 0 bridgehead atoms. The van der Waals surface area contributed by atoms with E-state index in [-0.39, 0.29) is 0 Å². The van der Waals surface area contributed by atoms with E-state index in [4.69, 9.17) is 18.0 Å². The third-order valence-corrected chi connectivity index (χ3v) is 3.96. The fourth-order valence-electron chi connectivity index (χ4n) is 1.90. The lowest BCUT2D eigenvalue weighted by molar-refractivity contribution is 0.852. The number of anilines is 1. The van der Waals surface area contributed by atoms with E-state index in [1.165, 1.54) is 0 Å². The van der Waals surface area contributed by atoms with Gasteiger partial charge in [0.2, 0.25) is 0 Å². The third-order valence-electron chi connectivity index (χ3n) is 3.09. The van der Waals surface area contributed by atoms with Crippen molar-refractivity contribution in [2.24, 2.45) is 5.73 Å². The number of thiocarbonyl (C=S) groups is 1. The predicted octanol–water partition coefficient (Wildman–Crippen LogP) is 3.16. The van der Waals surface area contributed by atoms with Gasteiger partial charge in [-0.2, -0.15) is 0 Å². The SMILES string of the molecule is CN(CCc1ccccn1)c1ccc(C(N)=S)c(Br)c1. The minimum absolute atomic E-state index is 0.402. The van der Waals surface area contributed by atoms with Crippen molar-refractivity contribution >= 4 is 38.8 Å². The number of pyridine rings is 1. The number of nitrogens with zero attached hydrogens (tertiary/aromatic N) is 2. The van der Waals surface area contributed by atoms with Gasteiger partial charge in [0.25, 0.3) is 0 Å². The fraction of sp³-hybridized carbons (Fsp3) is 0.200. The minimum atomic E-state index is 0.402. The molecule has 0 aliphatic carbocycles. The molecule has 0 amide bonds. The Balaban J connectivity index is 2.04. The van der Waals surface area contributed by atoms with Crippen LogP contribution in [0.25, 0.3) is 0 Å². The number of rotatable bonds is 5. The predicted molar refractivity (Wildman–Crippen MR) is 91.2 cm³/mol. The smallest absolute Gasteiger partial charge is 0.105 e. The number of likely N-dealkylation sites (N-methyl/N-ethyl adjacent to an activating group) is 1. The number of halogens is 1. The zero-order chi connectivity index (χ0) is 14.5. The first-order valence-corrected chi connectivity index (χ1v) is 7.48. The van der Waals surface area contributed by atoms with Crippen LogP contribution in [-0.2, 0) is 6.42 Å². The Hall–Kier alpha value is -1.46. The van der Waals surface area contributed by atoms with Gasteiger partial charge < -0.3 is 10.6 Å². The Morgan fingerprint density at radius 2 is 2.15 bits per heavy atom. The number of nitrogens with two attached hydrogens (primary N) is 1. The quantitative estimate of drug-likeness (QED) is 0.842. The van der Waals surface area contributed by atoms with E-state index in [1.54, 1.807) is 0 Å². The minimum Gasteiger partial charge on any atom is -0.389 e. The van der Waals surface area contributed by atoms with Crippen LogP contribution in [0.15, 0.2) is 47.1 Å². The van der Waals surface area contributed by atoms with Crippen LogP contribution in [0.1, 0.15) is 11.3 Å².